The molecule has 0 amide bonds. The smallest absolute Gasteiger partial charge is 0.462 e. The number of hydrogen-bond donors (Lipinski definition) is 3. The van der Waals surface area contributed by atoms with Crippen LogP contribution in [0, 0.1) is 0 Å². The summed E-state index contributed by atoms with van der Waals surface area (Å²) in [6, 6.07) is 0. The molecule has 0 saturated carbocycles. The summed E-state index contributed by atoms with van der Waals surface area (Å²) in [6.45, 7) is 5.08. The Hall–Kier alpha value is -1.94. The van der Waals surface area contributed by atoms with Gasteiger partial charge in [0.15, 0.2) is 12.2 Å². The molecule has 17 nitrogen and oxygen atoms in total. The molecule has 19 heteroatoms. The van der Waals surface area contributed by atoms with Crippen LogP contribution in [0.15, 0.2) is 0 Å². The molecule has 0 saturated heterocycles. The zero-order chi connectivity index (χ0) is 78.9. The van der Waals surface area contributed by atoms with E-state index in [1.54, 1.807) is 0 Å². The fourth-order valence-corrected chi connectivity index (χ4v) is 15.6. The van der Waals surface area contributed by atoms with Gasteiger partial charge < -0.3 is 33.8 Å². The van der Waals surface area contributed by atoms with Crippen molar-refractivity contribution in [1.29, 1.82) is 0 Å². The number of aliphatic hydroxyl groups is 1. The lowest BCUT2D eigenvalue weighted by Crippen LogP contribution is -2.30. The summed E-state index contributed by atoms with van der Waals surface area (Å²) in [7, 11) is -9.93. The first-order chi connectivity index (χ1) is 52.7. The summed E-state index contributed by atoms with van der Waals surface area (Å²) in [4.78, 5) is 73.4. The van der Waals surface area contributed by atoms with Crippen molar-refractivity contribution in [2.45, 2.75) is 508 Å². The third-order valence-electron chi connectivity index (χ3n) is 21.1. The van der Waals surface area contributed by atoms with Gasteiger partial charge in [0.2, 0.25) is 0 Å². The van der Waals surface area contributed by atoms with E-state index in [9.17, 15) is 43.2 Å². The van der Waals surface area contributed by atoms with E-state index in [0.29, 0.717) is 25.7 Å². The number of carbonyl (C=O) groups excluding carboxylic acids is 4. The van der Waals surface area contributed by atoms with Gasteiger partial charge in [-0.25, -0.2) is 9.13 Å². The van der Waals surface area contributed by atoms with Crippen LogP contribution in [0.1, 0.15) is 490 Å². The maximum atomic E-state index is 13.2. The largest absolute Gasteiger partial charge is 0.472 e. The number of phosphoric acid groups is 2. The SMILES string of the molecule is CCCCCCCCCCCCCCCCCCCCCCC(=O)OC[C@H](COP(=O)(O)OC[C@@H](O)COP(=O)(O)OC[C@@H](COC(=O)CCCCCCCCCCCCCC)OC(=O)CCCCCCCCCCCCCCCCCC)OC(=O)CCCCCCCCCCCCCCCCCCCCCC. The van der Waals surface area contributed by atoms with Crippen molar-refractivity contribution in [1.82, 2.24) is 0 Å². The fraction of sp³-hybridized carbons (Fsp3) is 0.955. The second-order valence-electron chi connectivity index (χ2n) is 32.0. The molecule has 0 bridgehead atoms. The Kier molecular flexibility index (Phi) is 81.5. The molecular formula is C89H174O17P2. The lowest BCUT2D eigenvalue weighted by molar-refractivity contribution is -0.161. The summed E-state index contributed by atoms with van der Waals surface area (Å²) in [5.41, 5.74) is 0. The number of esters is 4. The van der Waals surface area contributed by atoms with E-state index in [0.717, 1.165) is 89.9 Å². The number of ether oxygens (including phenoxy) is 4. The molecule has 0 fully saturated rings. The molecule has 3 N–H and O–H groups in total. The third-order valence-corrected chi connectivity index (χ3v) is 23.0. The van der Waals surface area contributed by atoms with E-state index in [4.69, 9.17) is 37.0 Å². The second-order valence-corrected chi connectivity index (χ2v) is 34.9. The molecule has 0 aromatic rings. The first-order valence-electron chi connectivity index (χ1n) is 46.3. The summed E-state index contributed by atoms with van der Waals surface area (Å²) in [6.07, 6.45) is 79.2. The molecule has 0 aliphatic rings. The average Bonchev–Trinajstić information content (AvgIpc) is 0.897. The quantitative estimate of drug-likeness (QED) is 0.0222. The Balaban J connectivity index is 5.24. The minimum Gasteiger partial charge on any atom is -0.462 e. The minimum atomic E-state index is -4.97. The van der Waals surface area contributed by atoms with Crippen molar-refractivity contribution in [3.05, 3.63) is 0 Å². The van der Waals surface area contributed by atoms with Gasteiger partial charge >= 0.3 is 39.5 Å². The summed E-state index contributed by atoms with van der Waals surface area (Å²) in [5.74, 6) is -2.09. The highest BCUT2D eigenvalue weighted by Crippen LogP contribution is 2.45. The van der Waals surface area contributed by atoms with Crippen molar-refractivity contribution < 1.29 is 80.2 Å². The van der Waals surface area contributed by atoms with Crippen LogP contribution < -0.4 is 0 Å². The van der Waals surface area contributed by atoms with Crippen LogP contribution in [0.4, 0.5) is 0 Å². The predicted octanol–water partition coefficient (Wildman–Crippen LogP) is 27.7. The Morgan fingerprint density at radius 2 is 0.370 bits per heavy atom. The normalized spacial score (nSPS) is 13.7. The molecule has 0 aliphatic carbocycles. The van der Waals surface area contributed by atoms with E-state index < -0.39 is 97.5 Å². The third kappa shape index (κ3) is 82.1. The number of aliphatic hydroxyl groups excluding tert-OH is 1. The first-order valence-corrected chi connectivity index (χ1v) is 49.3. The molecule has 0 aliphatic heterocycles. The number of hydrogen-bond acceptors (Lipinski definition) is 15. The van der Waals surface area contributed by atoms with Gasteiger partial charge in [-0.1, -0.05) is 439 Å². The van der Waals surface area contributed by atoms with Crippen LogP contribution in [0.25, 0.3) is 0 Å². The molecule has 642 valence electrons. The monoisotopic (exact) mass is 1580 g/mol. The maximum Gasteiger partial charge on any atom is 0.472 e. The first kappa shape index (κ1) is 106. The van der Waals surface area contributed by atoms with Crippen molar-refractivity contribution >= 4 is 39.5 Å². The fourth-order valence-electron chi connectivity index (χ4n) is 14.1. The highest BCUT2D eigenvalue weighted by atomic mass is 31.2. The van der Waals surface area contributed by atoms with Crippen molar-refractivity contribution in [3.63, 3.8) is 0 Å². The van der Waals surface area contributed by atoms with Crippen LogP contribution >= 0.6 is 15.6 Å². The van der Waals surface area contributed by atoms with Gasteiger partial charge in [0.25, 0.3) is 0 Å². The van der Waals surface area contributed by atoms with Gasteiger partial charge in [-0.2, -0.15) is 0 Å². The average molecular weight is 1580 g/mol. The molecule has 108 heavy (non-hydrogen) atoms. The Bertz CT molecular complexity index is 2030. The van der Waals surface area contributed by atoms with Crippen molar-refractivity contribution in [2.24, 2.45) is 0 Å². The summed E-state index contributed by atoms with van der Waals surface area (Å²) in [5, 5.41) is 10.7. The number of rotatable bonds is 90. The Morgan fingerprint density at radius 1 is 0.222 bits per heavy atom. The minimum absolute atomic E-state index is 0.109. The number of carbonyl (C=O) groups is 4. The van der Waals surface area contributed by atoms with E-state index in [1.165, 1.54) is 321 Å². The van der Waals surface area contributed by atoms with Gasteiger partial charge in [0, 0.05) is 25.7 Å². The lowest BCUT2D eigenvalue weighted by atomic mass is 10.0. The number of phosphoric ester groups is 2. The molecule has 0 aromatic carbocycles. The van der Waals surface area contributed by atoms with E-state index in [2.05, 4.69) is 27.7 Å². The van der Waals surface area contributed by atoms with E-state index in [1.807, 2.05) is 0 Å². The zero-order valence-electron chi connectivity index (χ0n) is 70.8. The van der Waals surface area contributed by atoms with E-state index >= 15 is 0 Å². The number of unbranched alkanes of at least 4 members (excludes halogenated alkanes) is 64. The Labute approximate surface area is 664 Å². The second kappa shape index (κ2) is 83.0. The summed E-state index contributed by atoms with van der Waals surface area (Å²) < 4.78 is 69.0. The predicted molar refractivity (Wildman–Crippen MR) is 446 cm³/mol. The van der Waals surface area contributed by atoms with Crippen LogP contribution in [0.3, 0.4) is 0 Å². The molecule has 0 radical (unpaired) electrons. The van der Waals surface area contributed by atoms with Crippen LogP contribution in [0.5, 0.6) is 0 Å². The van der Waals surface area contributed by atoms with Crippen molar-refractivity contribution in [2.75, 3.05) is 39.6 Å². The van der Waals surface area contributed by atoms with Gasteiger partial charge in [0.05, 0.1) is 26.4 Å². The highest BCUT2D eigenvalue weighted by Gasteiger charge is 2.30. The lowest BCUT2D eigenvalue weighted by Gasteiger charge is -2.21. The standard InChI is InChI=1S/C89H174O17P2/c1-5-9-13-17-21-25-29-33-36-39-41-43-45-48-50-54-58-62-66-70-74-87(92)100-80-85(106-89(94)76-72-68-64-60-56-52-49-46-44-42-40-37-34-30-26-22-18-14-10-6-2)82-104-108(97,98)102-78-83(90)77-101-107(95,96)103-81-84(79-99-86(91)73-69-65-61-57-53-32-28-24-20-16-12-8-4)105-88(93)75-71-67-63-59-55-51-47-38-35-31-27-23-19-15-11-7-3/h83-85,90H,5-82H2,1-4H3,(H,95,96)(H,97,98)/t83-,84+,85+/m0/s1. The molecule has 2 unspecified atom stereocenters. The molecule has 0 heterocycles. The van der Waals surface area contributed by atoms with Gasteiger partial charge in [0.1, 0.15) is 19.3 Å². The zero-order valence-corrected chi connectivity index (χ0v) is 72.6. The van der Waals surface area contributed by atoms with Gasteiger partial charge in [-0.3, -0.25) is 37.3 Å². The summed E-state index contributed by atoms with van der Waals surface area (Å²) >= 11 is 0. The molecule has 5 atom stereocenters. The highest BCUT2D eigenvalue weighted by molar-refractivity contribution is 7.47. The maximum absolute atomic E-state index is 13.2. The van der Waals surface area contributed by atoms with Crippen LogP contribution in [-0.4, -0.2) is 96.7 Å². The molecule has 0 aromatic heterocycles. The topological polar surface area (TPSA) is 237 Å². The van der Waals surface area contributed by atoms with Crippen LogP contribution in [0.2, 0.25) is 0 Å². The van der Waals surface area contributed by atoms with Crippen LogP contribution in [-0.2, 0) is 65.4 Å². The molecule has 0 rings (SSSR count). The molecular weight excluding hydrogens is 1400 g/mol. The molecule has 0 spiro atoms. The van der Waals surface area contributed by atoms with E-state index in [-0.39, 0.29) is 25.7 Å². The van der Waals surface area contributed by atoms with Gasteiger partial charge in [-0.05, 0) is 25.7 Å². The van der Waals surface area contributed by atoms with Crippen molar-refractivity contribution in [3.8, 4) is 0 Å². The Morgan fingerprint density at radius 3 is 0.546 bits per heavy atom. The van der Waals surface area contributed by atoms with Gasteiger partial charge in [-0.15, -0.1) is 0 Å².